The monoisotopic (exact) mass is 434 g/mol. The first-order valence-electron chi connectivity index (χ1n) is 12.5. The second-order valence-corrected chi connectivity index (χ2v) is 14.2. The van der Waals surface area contributed by atoms with Crippen LogP contribution in [0.3, 0.4) is 0 Å². The largest absolute Gasteiger partial charge is 0.0561 e. The molecule has 2 aromatic rings. The number of rotatable bonds is 2. The maximum absolute atomic E-state index is 2.49. The van der Waals surface area contributed by atoms with E-state index in [0.29, 0.717) is 5.92 Å². The summed E-state index contributed by atoms with van der Waals surface area (Å²) in [6.07, 6.45) is 0. The van der Waals surface area contributed by atoms with Gasteiger partial charge < -0.3 is 0 Å². The molecule has 0 spiro atoms. The van der Waals surface area contributed by atoms with E-state index in [4.69, 9.17) is 0 Å². The van der Waals surface area contributed by atoms with Crippen molar-refractivity contribution in [3.8, 4) is 0 Å². The van der Waals surface area contributed by atoms with Crippen molar-refractivity contribution in [2.45, 2.75) is 131 Å². The first kappa shape index (κ1) is 26.7. The molecule has 0 saturated carbocycles. The Morgan fingerprint density at radius 3 is 0.969 bits per heavy atom. The molecule has 0 amide bonds. The molecular formula is C32H50. The Bertz CT molecular complexity index is 892. The van der Waals surface area contributed by atoms with Gasteiger partial charge in [0.05, 0.1) is 0 Å². The fourth-order valence-electron chi connectivity index (χ4n) is 5.00. The van der Waals surface area contributed by atoms with Gasteiger partial charge in [0.1, 0.15) is 0 Å². The maximum Gasteiger partial charge on any atom is 0.00721 e. The lowest BCUT2D eigenvalue weighted by Gasteiger charge is -2.35. The third-order valence-electron chi connectivity index (χ3n) is 6.99. The minimum absolute atomic E-state index is 0.0940. The van der Waals surface area contributed by atoms with Crippen molar-refractivity contribution < 1.29 is 0 Å². The Hall–Kier alpha value is -1.56. The molecule has 32 heavy (non-hydrogen) atoms. The summed E-state index contributed by atoms with van der Waals surface area (Å²) in [6, 6.07) is 9.87. The molecule has 0 unspecified atom stereocenters. The molecule has 0 aliphatic carbocycles. The zero-order valence-electron chi connectivity index (χ0n) is 23.9. The smallest absolute Gasteiger partial charge is 0.00721 e. The number of aryl methyl sites for hydroxylation is 2. The van der Waals surface area contributed by atoms with Gasteiger partial charge in [0.15, 0.2) is 0 Å². The molecule has 0 aliphatic heterocycles. The van der Waals surface area contributed by atoms with Crippen LogP contribution in [0.1, 0.15) is 140 Å². The summed E-state index contributed by atoms with van der Waals surface area (Å²) >= 11 is 0. The normalized spacial score (nSPS) is 13.8. The average Bonchev–Trinajstić information content (AvgIpc) is 2.56. The molecule has 0 atom stereocenters. The van der Waals surface area contributed by atoms with E-state index in [1.54, 1.807) is 0 Å². The Morgan fingerprint density at radius 2 is 0.750 bits per heavy atom. The summed E-state index contributed by atoms with van der Waals surface area (Å²) in [6.45, 7) is 35.2. The van der Waals surface area contributed by atoms with Crippen LogP contribution in [0.15, 0.2) is 24.3 Å². The van der Waals surface area contributed by atoms with Crippen molar-refractivity contribution in [2.75, 3.05) is 0 Å². The molecule has 0 heteroatoms. The third-order valence-corrected chi connectivity index (χ3v) is 6.99. The van der Waals surface area contributed by atoms with Crippen LogP contribution in [0.4, 0.5) is 0 Å². The lowest BCUT2D eigenvalue weighted by Crippen LogP contribution is -2.24. The van der Waals surface area contributed by atoms with Gasteiger partial charge in [-0.3, -0.25) is 0 Å². The molecule has 0 nitrogen and oxygen atoms in total. The zero-order chi connectivity index (χ0) is 25.0. The van der Waals surface area contributed by atoms with Gasteiger partial charge in [-0.1, -0.05) is 114 Å². The Balaban J connectivity index is 2.90. The molecule has 0 bridgehead atoms. The van der Waals surface area contributed by atoms with Crippen molar-refractivity contribution in [3.05, 3.63) is 68.8 Å². The average molecular weight is 435 g/mol. The summed E-state index contributed by atoms with van der Waals surface area (Å²) in [5.41, 5.74) is 12.2. The van der Waals surface area contributed by atoms with Gasteiger partial charge in [-0.05, 0) is 80.0 Å². The van der Waals surface area contributed by atoms with Crippen LogP contribution in [0.5, 0.6) is 0 Å². The van der Waals surface area contributed by atoms with Crippen LogP contribution in [0.25, 0.3) is 0 Å². The topological polar surface area (TPSA) is 0 Å². The molecule has 2 aromatic carbocycles. The van der Waals surface area contributed by atoms with E-state index in [1.807, 2.05) is 0 Å². The predicted molar refractivity (Wildman–Crippen MR) is 145 cm³/mol. The van der Waals surface area contributed by atoms with Crippen molar-refractivity contribution in [2.24, 2.45) is 0 Å². The van der Waals surface area contributed by atoms with Gasteiger partial charge in [0.2, 0.25) is 0 Å². The molecule has 0 radical (unpaired) electrons. The second kappa shape index (κ2) is 8.34. The van der Waals surface area contributed by atoms with Crippen molar-refractivity contribution in [1.29, 1.82) is 0 Å². The maximum atomic E-state index is 2.49. The summed E-state index contributed by atoms with van der Waals surface area (Å²) in [5.74, 6) is 0.349. The van der Waals surface area contributed by atoms with Crippen molar-refractivity contribution in [3.63, 3.8) is 0 Å². The molecular weight excluding hydrogens is 384 g/mol. The van der Waals surface area contributed by atoms with Gasteiger partial charge in [-0.25, -0.2) is 0 Å². The Labute approximate surface area is 200 Å². The third kappa shape index (κ3) is 5.49. The summed E-state index contributed by atoms with van der Waals surface area (Å²) in [5, 5.41) is 0. The molecule has 0 fully saturated rings. The summed E-state index contributed by atoms with van der Waals surface area (Å²) in [7, 11) is 0. The van der Waals surface area contributed by atoms with Crippen molar-refractivity contribution >= 4 is 0 Å². The van der Waals surface area contributed by atoms with Gasteiger partial charge in [-0.2, -0.15) is 0 Å². The number of hydrogen-bond acceptors (Lipinski definition) is 0. The van der Waals surface area contributed by atoms with Crippen LogP contribution in [0, 0.1) is 13.8 Å². The minimum Gasteiger partial charge on any atom is -0.0561 e. The highest BCUT2D eigenvalue weighted by molar-refractivity contribution is 5.54. The molecule has 178 valence electrons. The van der Waals surface area contributed by atoms with E-state index in [9.17, 15) is 0 Å². The molecule has 0 saturated heterocycles. The number of hydrogen-bond donors (Lipinski definition) is 0. The molecule has 0 heterocycles. The summed E-state index contributed by atoms with van der Waals surface area (Å²) < 4.78 is 0. The quantitative estimate of drug-likeness (QED) is 0.441. The van der Waals surface area contributed by atoms with Crippen LogP contribution < -0.4 is 0 Å². The molecule has 2 rings (SSSR count). The first-order chi connectivity index (χ1) is 14.2. The highest BCUT2D eigenvalue weighted by Gasteiger charge is 2.31. The first-order valence-corrected chi connectivity index (χ1v) is 12.5. The summed E-state index contributed by atoms with van der Waals surface area (Å²) in [4.78, 5) is 0. The molecule has 0 aromatic heterocycles. The fourth-order valence-corrected chi connectivity index (χ4v) is 5.00. The van der Waals surface area contributed by atoms with E-state index in [2.05, 4.69) is 128 Å². The van der Waals surface area contributed by atoms with Gasteiger partial charge in [0, 0.05) is 5.92 Å². The van der Waals surface area contributed by atoms with E-state index in [1.165, 1.54) is 44.5 Å². The van der Waals surface area contributed by atoms with Crippen LogP contribution in [-0.4, -0.2) is 0 Å². The minimum atomic E-state index is 0.0940. The van der Waals surface area contributed by atoms with Gasteiger partial charge in [0.25, 0.3) is 0 Å². The SMILES string of the molecule is Cc1cc(C(C)(C)C)cc(C(C)(C)C)c1C(C)c1c(C)cc(C(C)(C)C)cc1C(C)(C)C. The predicted octanol–water partition coefficient (Wildman–Crippen LogP) is 9.65. The van der Waals surface area contributed by atoms with E-state index in [-0.39, 0.29) is 21.7 Å². The lowest BCUT2D eigenvalue weighted by atomic mass is 9.69. The van der Waals surface area contributed by atoms with E-state index in [0.717, 1.165) is 0 Å². The van der Waals surface area contributed by atoms with Crippen LogP contribution in [-0.2, 0) is 21.7 Å². The molecule has 0 N–H and O–H groups in total. The number of benzene rings is 2. The Kier molecular flexibility index (Phi) is 6.95. The van der Waals surface area contributed by atoms with E-state index >= 15 is 0 Å². The highest BCUT2D eigenvalue weighted by Crippen LogP contribution is 2.44. The van der Waals surface area contributed by atoms with Gasteiger partial charge >= 0.3 is 0 Å². The van der Waals surface area contributed by atoms with Crippen molar-refractivity contribution in [1.82, 2.24) is 0 Å². The van der Waals surface area contributed by atoms with Gasteiger partial charge in [-0.15, -0.1) is 0 Å². The van der Waals surface area contributed by atoms with Crippen LogP contribution in [0.2, 0.25) is 0 Å². The standard InChI is InChI=1S/C32H50/c1-20-16-23(29(4,5)6)18-25(31(10,11)12)27(20)22(3)28-21(2)17-24(30(7,8)9)19-26(28)32(13,14)15/h16-19,22H,1-15H3. The Morgan fingerprint density at radius 1 is 0.469 bits per heavy atom. The van der Waals surface area contributed by atoms with E-state index < -0.39 is 0 Å². The zero-order valence-corrected chi connectivity index (χ0v) is 23.9. The second-order valence-electron chi connectivity index (χ2n) is 14.2. The fraction of sp³-hybridized carbons (Fsp3) is 0.625. The lowest BCUT2D eigenvalue weighted by molar-refractivity contribution is 0.550. The molecule has 0 aliphatic rings. The van der Waals surface area contributed by atoms with Crippen LogP contribution >= 0.6 is 0 Å². The highest BCUT2D eigenvalue weighted by atomic mass is 14.4.